The third-order valence-electron chi connectivity index (χ3n) is 3.68. The fourth-order valence-corrected chi connectivity index (χ4v) is 2.57. The summed E-state index contributed by atoms with van der Waals surface area (Å²) < 4.78 is 0. The standard InChI is InChI=1S/C10H14N2O2.C6H14/c13-7-11-5-9-2-1-3-10(4-9)6-12-8-14;1-3-5-6-4-2/h9-10H,1-6H2;3-6H2,1-2H3/t9-,10-;/m0./s1. The molecular weight excluding hydrogens is 252 g/mol. The van der Waals surface area contributed by atoms with Crippen LogP contribution in [-0.4, -0.2) is 25.2 Å². The Morgan fingerprint density at radius 1 is 0.900 bits per heavy atom. The van der Waals surface area contributed by atoms with E-state index in [1.807, 2.05) is 0 Å². The average molecular weight is 280 g/mol. The molecule has 0 aliphatic heterocycles. The number of nitrogens with zero attached hydrogens (tertiary/aromatic N) is 2. The van der Waals surface area contributed by atoms with Gasteiger partial charge in [-0.1, -0.05) is 46.0 Å². The van der Waals surface area contributed by atoms with Crippen LogP contribution in [0.5, 0.6) is 0 Å². The van der Waals surface area contributed by atoms with Crippen molar-refractivity contribution in [1.29, 1.82) is 0 Å². The third kappa shape index (κ3) is 10.7. The summed E-state index contributed by atoms with van der Waals surface area (Å²) >= 11 is 0. The lowest BCUT2D eigenvalue weighted by atomic mass is 9.81. The molecule has 1 aliphatic carbocycles. The highest BCUT2D eigenvalue weighted by molar-refractivity contribution is 5.33. The van der Waals surface area contributed by atoms with Gasteiger partial charge in [0.05, 0.1) is 13.1 Å². The maximum atomic E-state index is 9.94. The Labute approximate surface area is 122 Å². The maximum absolute atomic E-state index is 9.94. The van der Waals surface area contributed by atoms with Gasteiger partial charge in [0.1, 0.15) is 0 Å². The van der Waals surface area contributed by atoms with E-state index in [-0.39, 0.29) is 0 Å². The molecule has 0 spiro atoms. The minimum Gasteiger partial charge on any atom is -0.211 e. The number of isocyanates is 2. The SMILES string of the molecule is CCCCCC.O=C=NC[C@H]1CCC[C@H](CN=C=O)C1. The zero-order valence-electron chi connectivity index (χ0n) is 12.9. The lowest BCUT2D eigenvalue weighted by Gasteiger charge is -2.26. The molecule has 0 amide bonds. The van der Waals surface area contributed by atoms with Crippen molar-refractivity contribution in [2.45, 2.75) is 65.2 Å². The van der Waals surface area contributed by atoms with Crippen molar-refractivity contribution in [3.8, 4) is 0 Å². The molecule has 0 aromatic carbocycles. The van der Waals surface area contributed by atoms with E-state index < -0.39 is 0 Å². The van der Waals surface area contributed by atoms with Gasteiger partial charge in [0.2, 0.25) is 12.2 Å². The molecule has 0 N–H and O–H groups in total. The van der Waals surface area contributed by atoms with E-state index in [0.29, 0.717) is 24.9 Å². The molecule has 2 atom stereocenters. The predicted molar refractivity (Wildman–Crippen MR) is 81.2 cm³/mol. The zero-order chi connectivity index (χ0) is 15.1. The summed E-state index contributed by atoms with van der Waals surface area (Å²) in [6.45, 7) is 5.61. The fraction of sp³-hybridized carbons (Fsp3) is 0.875. The molecule has 1 saturated carbocycles. The lowest BCUT2D eigenvalue weighted by molar-refractivity contribution is 0.278. The van der Waals surface area contributed by atoms with Crippen molar-refractivity contribution in [3.05, 3.63) is 0 Å². The Balaban J connectivity index is 0.000000511. The van der Waals surface area contributed by atoms with Gasteiger partial charge < -0.3 is 0 Å². The molecule has 20 heavy (non-hydrogen) atoms. The van der Waals surface area contributed by atoms with Crippen LogP contribution in [0.15, 0.2) is 9.98 Å². The molecule has 4 nitrogen and oxygen atoms in total. The second-order valence-electron chi connectivity index (χ2n) is 5.47. The molecule has 0 aromatic rings. The fourth-order valence-electron chi connectivity index (χ4n) is 2.57. The van der Waals surface area contributed by atoms with E-state index in [0.717, 1.165) is 25.7 Å². The first-order valence-electron chi connectivity index (χ1n) is 7.85. The Morgan fingerprint density at radius 2 is 1.35 bits per heavy atom. The Kier molecular flexibility index (Phi) is 13.3. The van der Waals surface area contributed by atoms with Crippen LogP contribution in [0.1, 0.15) is 65.2 Å². The highest BCUT2D eigenvalue weighted by atomic mass is 16.1. The smallest absolute Gasteiger partial charge is 0.211 e. The Bertz CT molecular complexity index is 288. The number of carbonyl (C=O) groups excluding carboxylic acids is 2. The van der Waals surface area contributed by atoms with Gasteiger partial charge in [-0.3, -0.25) is 0 Å². The van der Waals surface area contributed by atoms with E-state index >= 15 is 0 Å². The zero-order valence-corrected chi connectivity index (χ0v) is 12.9. The molecule has 0 saturated heterocycles. The van der Waals surface area contributed by atoms with E-state index in [9.17, 15) is 9.59 Å². The van der Waals surface area contributed by atoms with Gasteiger partial charge in [-0.2, -0.15) is 0 Å². The van der Waals surface area contributed by atoms with Crippen LogP contribution in [0.3, 0.4) is 0 Å². The number of hydrogen-bond donors (Lipinski definition) is 0. The van der Waals surface area contributed by atoms with Crippen LogP contribution in [0.2, 0.25) is 0 Å². The largest absolute Gasteiger partial charge is 0.234 e. The van der Waals surface area contributed by atoms with Gasteiger partial charge in [-0.25, -0.2) is 19.6 Å². The van der Waals surface area contributed by atoms with Gasteiger partial charge >= 0.3 is 0 Å². The monoisotopic (exact) mass is 280 g/mol. The quantitative estimate of drug-likeness (QED) is 0.401. The Morgan fingerprint density at radius 3 is 1.70 bits per heavy atom. The van der Waals surface area contributed by atoms with Crippen LogP contribution in [-0.2, 0) is 9.59 Å². The van der Waals surface area contributed by atoms with Crippen LogP contribution in [0.4, 0.5) is 0 Å². The topological polar surface area (TPSA) is 58.9 Å². The van der Waals surface area contributed by atoms with E-state index in [2.05, 4.69) is 23.8 Å². The number of hydrogen-bond acceptors (Lipinski definition) is 4. The average Bonchev–Trinajstić information content (AvgIpc) is 2.50. The third-order valence-corrected chi connectivity index (χ3v) is 3.68. The molecule has 1 fully saturated rings. The molecule has 0 radical (unpaired) electrons. The normalized spacial score (nSPS) is 20.9. The Hall–Kier alpha value is -1.24. The van der Waals surface area contributed by atoms with Crippen molar-refractivity contribution in [3.63, 3.8) is 0 Å². The first kappa shape index (κ1) is 18.8. The minimum absolute atomic E-state index is 0.469. The molecule has 0 bridgehead atoms. The van der Waals surface area contributed by atoms with Crippen molar-refractivity contribution in [2.75, 3.05) is 13.1 Å². The molecule has 0 heterocycles. The predicted octanol–water partition coefficient (Wildman–Crippen LogP) is 4.05. The molecule has 1 rings (SSSR count). The van der Waals surface area contributed by atoms with Gasteiger partial charge in [-0.05, 0) is 31.1 Å². The number of aliphatic imine (C=N–C) groups is 2. The van der Waals surface area contributed by atoms with Crippen molar-refractivity contribution in [2.24, 2.45) is 21.8 Å². The second-order valence-corrected chi connectivity index (χ2v) is 5.47. The molecule has 4 heteroatoms. The summed E-state index contributed by atoms with van der Waals surface area (Å²) in [5, 5.41) is 0. The van der Waals surface area contributed by atoms with E-state index in [1.165, 1.54) is 25.7 Å². The number of unbranched alkanes of at least 4 members (excludes halogenated alkanes) is 3. The second kappa shape index (κ2) is 14.2. The lowest BCUT2D eigenvalue weighted by Crippen LogP contribution is -2.19. The summed E-state index contributed by atoms with van der Waals surface area (Å²) in [7, 11) is 0. The van der Waals surface area contributed by atoms with Gasteiger partial charge in [0.15, 0.2) is 0 Å². The first-order valence-corrected chi connectivity index (χ1v) is 7.85. The highest BCUT2D eigenvalue weighted by Gasteiger charge is 2.21. The van der Waals surface area contributed by atoms with Gasteiger partial charge in [-0.15, -0.1) is 0 Å². The molecule has 0 aromatic heterocycles. The molecule has 1 aliphatic rings. The summed E-state index contributed by atoms with van der Waals surface area (Å²) in [6, 6.07) is 0. The minimum atomic E-state index is 0.469. The van der Waals surface area contributed by atoms with E-state index in [4.69, 9.17) is 0 Å². The first-order chi connectivity index (χ1) is 9.78. The molecule has 114 valence electrons. The van der Waals surface area contributed by atoms with Crippen LogP contribution in [0, 0.1) is 11.8 Å². The van der Waals surface area contributed by atoms with Gasteiger partial charge in [0.25, 0.3) is 0 Å². The summed E-state index contributed by atoms with van der Waals surface area (Å²) in [6.07, 6.45) is 13.0. The maximum Gasteiger partial charge on any atom is 0.234 e. The summed E-state index contributed by atoms with van der Waals surface area (Å²) in [5.74, 6) is 0.939. The number of rotatable bonds is 7. The van der Waals surface area contributed by atoms with Crippen LogP contribution in [0.25, 0.3) is 0 Å². The van der Waals surface area contributed by atoms with Crippen LogP contribution < -0.4 is 0 Å². The molecule has 0 unspecified atom stereocenters. The van der Waals surface area contributed by atoms with Crippen molar-refractivity contribution in [1.82, 2.24) is 0 Å². The van der Waals surface area contributed by atoms with Crippen LogP contribution >= 0.6 is 0 Å². The van der Waals surface area contributed by atoms with Gasteiger partial charge in [0, 0.05) is 0 Å². The summed E-state index contributed by atoms with van der Waals surface area (Å²) in [4.78, 5) is 27.1. The highest BCUT2D eigenvalue weighted by Crippen LogP contribution is 2.29. The molecular formula is C16H28N2O2. The van der Waals surface area contributed by atoms with E-state index in [1.54, 1.807) is 12.2 Å². The van der Waals surface area contributed by atoms with Crippen molar-refractivity contribution >= 4 is 12.2 Å². The van der Waals surface area contributed by atoms with Crippen molar-refractivity contribution < 1.29 is 9.59 Å². The summed E-state index contributed by atoms with van der Waals surface area (Å²) in [5.41, 5.74) is 0.